The first-order valence-electron chi connectivity index (χ1n) is 12.0. The molecule has 0 spiro atoms. The van der Waals surface area contributed by atoms with E-state index in [9.17, 15) is 24.1 Å². The number of nitrogens with one attached hydrogen (secondary N) is 1. The van der Waals surface area contributed by atoms with Crippen LogP contribution in [-0.4, -0.2) is 48.0 Å². The third-order valence-corrected chi connectivity index (χ3v) is 8.15. The number of nitrogens with zero attached hydrogens (tertiary/aromatic N) is 6. The minimum atomic E-state index is -0.535. The molecule has 1 aliphatic heterocycles. The minimum Gasteiger partial charge on any atom is -0.345 e. The molecule has 5 rings (SSSR count). The van der Waals surface area contributed by atoms with E-state index in [1.165, 1.54) is 53.2 Å². The number of amides is 2. The molecule has 40 heavy (non-hydrogen) atoms. The Morgan fingerprint density at radius 2 is 1.90 bits per heavy atom. The van der Waals surface area contributed by atoms with Gasteiger partial charge in [-0.05, 0) is 41.3 Å². The molecule has 2 aromatic carbocycles. The number of nitro groups is 1. The van der Waals surface area contributed by atoms with Crippen molar-refractivity contribution in [2.45, 2.75) is 24.2 Å². The van der Waals surface area contributed by atoms with Crippen LogP contribution in [-0.2, 0) is 18.4 Å². The van der Waals surface area contributed by atoms with Gasteiger partial charge in [-0.3, -0.25) is 19.7 Å². The number of benzene rings is 2. The number of hydrogen-bond donors (Lipinski definition) is 1. The average Bonchev–Trinajstić information content (AvgIpc) is 3.71. The highest BCUT2D eigenvalue weighted by molar-refractivity contribution is 7.99. The summed E-state index contributed by atoms with van der Waals surface area (Å²) in [7, 11) is 1.73. The van der Waals surface area contributed by atoms with Crippen molar-refractivity contribution < 1.29 is 18.9 Å². The van der Waals surface area contributed by atoms with Gasteiger partial charge in [-0.25, -0.2) is 9.40 Å². The summed E-state index contributed by atoms with van der Waals surface area (Å²) in [4.78, 5) is 37.0. The number of hydrazone groups is 1. The Kier molecular flexibility index (Phi) is 7.98. The van der Waals surface area contributed by atoms with Gasteiger partial charge in [0.25, 0.3) is 17.5 Å². The first-order chi connectivity index (χ1) is 19.3. The highest BCUT2D eigenvalue weighted by Gasteiger charge is 2.33. The molecular weight excluding hydrogens is 557 g/mol. The summed E-state index contributed by atoms with van der Waals surface area (Å²) in [6, 6.07) is 14.9. The van der Waals surface area contributed by atoms with E-state index in [1.807, 2.05) is 17.5 Å². The number of carbonyl (C=O) groups is 2. The lowest BCUT2D eigenvalue weighted by molar-refractivity contribution is -0.384. The molecule has 0 radical (unpaired) electrons. The molecular formula is C26H22FN7O4S2. The van der Waals surface area contributed by atoms with Gasteiger partial charge in [-0.2, -0.15) is 5.10 Å². The zero-order chi connectivity index (χ0) is 28.2. The molecule has 0 saturated heterocycles. The van der Waals surface area contributed by atoms with E-state index in [0.717, 1.165) is 16.2 Å². The van der Waals surface area contributed by atoms with E-state index < -0.39 is 10.8 Å². The number of non-ortho nitro benzene ring substituents is 1. The fraction of sp³-hybridized carbons (Fsp3) is 0.192. The molecule has 1 N–H and O–H groups in total. The lowest BCUT2D eigenvalue weighted by Crippen LogP contribution is -2.28. The molecule has 11 nitrogen and oxygen atoms in total. The van der Waals surface area contributed by atoms with Crippen LogP contribution in [0.15, 0.2) is 76.3 Å². The second kappa shape index (κ2) is 11.8. The van der Waals surface area contributed by atoms with Crippen LogP contribution in [0.2, 0.25) is 0 Å². The van der Waals surface area contributed by atoms with Crippen molar-refractivity contribution in [2.24, 2.45) is 12.1 Å². The maximum Gasteiger partial charge on any atom is 0.269 e. The highest BCUT2D eigenvalue weighted by Crippen LogP contribution is 2.34. The van der Waals surface area contributed by atoms with Crippen LogP contribution in [0.4, 0.5) is 10.1 Å². The molecule has 0 saturated carbocycles. The molecule has 3 heterocycles. The number of hydrogen-bond acceptors (Lipinski definition) is 9. The second-order valence-electron chi connectivity index (χ2n) is 8.77. The SMILES string of the molecule is Cn1c(CNC(=O)c2ccc([N+](=O)[O-])cc2)nnc1SCC(=O)N1N=C(c2cccs2)C[C@H]1c1ccc(F)cc1. The Morgan fingerprint density at radius 3 is 2.58 bits per heavy atom. The van der Waals surface area contributed by atoms with Crippen LogP contribution in [0.25, 0.3) is 0 Å². The number of halogens is 1. The molecule has 2 aromatic heterocycles. The molecule has 0 unspecified atom stereocenters. The molecule has 14 heteroatoms. The van der Waals surface area contributed by atoms with Gasteiger partial charge in [0, 0.05) is 31.2 Å². The first kappa shape index (κ1) is 27.1. The number of aromatic nitrogens is 3. The lowest BCUT2D eigenvalue weighted by Gasteiger charge is -2.21. The summed E-state index contributed by atoms with van der Waals surface area (Å²) in [6.45, 7) is 0.0705. The minimum absolute atomic E-state index is 0.0417. The topological polar surface area (TPSA) is 136 Å². The Morgan fingerprint density at radius 1 is 1.15 bits per heavy atom. The first-order valence-corrected chi connectivity index (χ1v) is 13.9. The molecule has 2 amide bonds. The zero-order valence-corrected chi connectivity index (χ0v) is 22.7. The largest absolute Gasteiger partial charge is 0.345 e. The highest BCUT2D eigenvalue weighted by atomic mass is 32.2. The van der Waals surface area contributed by atoms with Gasteiger partial charge in [0.15, 0.2) is 11.0 Å². The van der Waals surface area contributed by atoms with Crippen molar-refractivity contribution in [2.75, 3.05) is 5.75 Å². The summed E-state index contributed by atoms with van der Waals surface area (Å²) in [5.74, 6) is -0.491. The Hall–Kier alpha value is -4.43. The molecule has 0 bridgehead atoms. The van der Waals surface area contributed by atoms with Crippen LogP contribution >= 0.6 is 23.1 Å². The van der Waals surface area contributed by atoms with Crippen molar-refractivity contribution in [1.82, 2.24) is 25.1 Å². The van der Waals surface area contributed by atoms with Crippen LogP contribution in [0.3, 0.4) is 0 Å². The van der Waals surface area contributed by atoms with E-state index in [1.54, 1.807) is 35.1 Å². The van der Waals surface area contributed by atoms with Gasteiger partial charge in [0.05, 0.1) is 33.9 Å². The summed E-state index contributed by atoms with van der Waals surface area (Å²) in [5, 5.41) is 30.3. The second-order valence-corrected chi connectivity index (χ2v) is 10.7. The molecule has 4 aromatic rings. The average molecular weight is 580 g/mol. The van der Waals surface area contributed by atoms with Crippen LogP contribution < -0.4 is 5.32 Å². The standard InChI is InChI=1S/C26H22FN7O4S2/c1-32-23(14-28-25(36)17-6-10-19(11-7-17)34(37)38)29-30-26(32)40-15-24(35)33-21(16-4-8-18(27)9-5-16)13-20(31-33)22-3-2-12-39-22/h2-12,21H,13-15H2,1H3,(H,28,36)/t21-/m0/s1. The van der Waals surface area contributed by atoms with E-state index in [0.29, 0.717) is 17.4 Å². The summed E-state index contributed by atoms with van der Waals surface area (Å²) in [6.07, 6.45) is 0.519. The van der Waals surface area contributed by atoms with Gasteiger partial charge in [0.2, 0.25) is 0 Å². The van der Waals surface area contributed by atoms with Gasteiger partial charge in [0.1, 0.15) is 5.82 Å². The van der Waals surface area contributed by atoms with Crippen molar-refractivity contribution >= 4 is 46.3 Å². The van der Waals surface area contributed by atoms with Crippen molar-refractivity contribution in [3.63, 3.8) is 0 Å². The Labute approximate surface area is 235 Å². The lowest BCUT2D eigenvalue weighted by atomic mass is 10.0. The summed E-state index contributed by atoms with van der Waals surface area (Å²) >= 11 is 2.73. The summed E-state index contributed by atoms with van der Waals surface area (Å²) in [5.41, 5.74) is 1.76. The molecule has 0 fully saturated rings. The third-order valence-electron chi connectivity index (χ3n) is 6.22. The molecule has 0 aliphatic carbocycles. The van der Waals surface area contributed by atoms with Gasteiger partial charge in [-0.1, -0.05) is 30.0 Å². The Bertz CT molecular complexity index is 1570. The zero-order valence-electron chi connectivity index (χ0n) is 21.1. The van der Waals surface area contributed by atoms with Crippen molar-refractivity contribution in [1.29, 1.82) is 0 Å². The van der Waals surface area contributed by atoms with E-state index in [4.69, 9.17) is 0 Å². The fourth-order valence-electron chi connectivity index (χ4n) is 4.09. The van der Waals surface area contributed by atoms with Gasteiger partial charge < -0.3 is 9.88 Å². The quantitative estimate of drug-likeness (QED) is 0.177. The Balaban J connectivity index is 1.22. The third kappa shape index (κ3) is 5.92. The monoisotopic (exact) mass is 579 g/mol. The van der Waals surface area contributed by atoms with Crippen molar-refractivity contribution in [3.05, 3.63) is 104 Å². The number of thioether (sulfide) groups is 1. The number of thiophene rings is 1. The fourth-order valence-corrected chi connectivity index (χ4v) is 5.59. The van der Waals surface area contributed by atoms with Gasteiger partial charge in [-0.15, -0.1) is 21.5 Å². The van der Waals surface area contributed by atoms with Crippen molar-refractivity contribution in [3.8, 4) is 0 Å². The maximum atomic E-state index is 13.5. The molecule has 1 atom stereocenters. The van der Waals surface area contributed by atoms with Crippen LogP contribution in [0, 0.1) is 15.9 Å². The summed E-state index contributed by atoms with van der Waals surface area (Å²) < 4.78 is 15.2. The number of nitro benzene ring substituents is 1. The van der Waals surface area contributed by atoms with Crippen LogP contribution in [0.5, 0.6) is 0 Å². The van der Waals surface area contributed by atoms with E-state index in [2.05, 4.69) is 20.6 Å². The molecule has 204 valence electrons. The van der Waals surface area contributed by atoms with E-state index >= 15 is 0 Å². The maximum absolute atomic E-state index is 13.5. The van der Waals surface area contributed by atoms with E-state index in [-0.39, 0.29) is 41.3 Å². The van der Waals surface area contributed by atoms with Crippen LogP contribution in [0.1, 0.15) is 39.1 Å². The molecule has 1 aliphatic rings. The predicted octanol–water partition coefficient (Wildman–Crippen LogP) is 4.32. The predicted molar refractivity (Wildman–Crippen MR) is 147 cm³/mol. The normalized spacial score (nSPS) is 14.7. The smallest absolute Gasteiger partial charge is 0.269 e. The number of carbonyl (C=O) groups excluding carboxylic acids is 2. The number of rotatable bonds is 9. The van der Waals surface area contributed by atoms with Gasteiger partial charge >= 0.3 is 0 Å².